The number of aliphatic carboxylic acids is 1. The van der Waals surface area contributed by atoms with E-state index in [4.69, 9.17) is 21.1 Å². The average Bonchev–Trinajstić information content (AvgIpc) is 2.51. The van der Waals surface area contributed by atoms with Gasteiger partial charge in [0, 0.05) is 6.08 Å². The molecular formula is C16H13ClO8. The Kier molecular flexibility index (Phi) is 5.15. The average molecular weight is 369 g/mol. The summed E-state index contributed by atoms with van der Waals surface area (Å²) in [5.41, 5.74) is -1.11. The van der Waals surface area contributed by atoms with E-state index in [2.05, 4.69) is 4.74 Å². The molecule has 0 spiro atoms. The number of rotatable bonds is 4. The fourth-order valence-corrected chi connectivity index (χ4v) is 2.51. The topological polar surface area (TPSA) is 134 Å². The zero-order valence-corrected chi connectivity index (χ0v) is 13.8. The molecule has 9 heteroatoms. The summed E-state index contributed by atoms with van der Waals surface area (Å²) < 4.78 is 9.81. The van der Waals surface area contributed by atoms with E-state index in [-0.39, 0.29) is 11.0 Å². The van der Waals surface area contributed by atoms with Gasteiger partial charge in [-0.2, -0.15) is 0 Å². The van der Waals surface area contributed by atoms with Crippen LogP contribution in [0.2, 0.25) is 0 Å². The van der Waals surface area contributed by atoms with Crippen LogP contribution in [0.3, 0.4) is 0 Å². The summed E-state index contributed by atoms with van der Waals surface area (Å²) in [5.74, 6) is -3.55. The fraction of sp³-hybridized carbons (Fsp3) is 0.188. The highest BCUT2D eigenvalue weighted by Gasteiger charge is 2.30. The molecule has 0 aliphatic heterocycles. The van der Waals surface area contributed by atoms with Gasteiger partial charge in [-0.1, -0.05) is 11.6 Å². The van der Waals surface area contributed by atoms with E-state index in [0.29, 0.717) is 11.6 Å². The second kappa shape index (κ2) is 6.96. The second-order valence-electron chi connectivity index (χ2n) is 5.09. The smallest absolute Gasteiger partial charge is 0.339 e. The lowest BCUT2D eigenvalue weighted by molar-refractivity contribution is -0.150. The standard InChI is InChI=1S/C16H13ClO8/c1-6-3-8(18)11-9(4-6)25-15(7(17)5-10(19)20)12(13(11)21)14(22)16(23)24-2/h3-5,14,18,22H,1-2H3,(H,19,20). The molecule has 0 amide bonds. The number of hydrogen-bond acceptors (Lipinski definition) is 7. The largest absolute Gasteiger partial charge is 0.507 e. The molecule has 0 aliphatic carbocycles. The minimum absolute atomic E-state index is 0.0877. The van der Waals surface area contributed by atoms with E-state index in [1.165, 1.54) is 12.1 Å². The van der Waals surface area contributed by atoms with Crippen LogP contribution in [0.1, 0.15) is 23.0 Å². The van der Waals surface area contributed by atoms with Crippen LogP contribution < -0.4 is 5.43 Å². The highest BCUT2D eigenvalue weighted by atomic mass is 35.5. The number of hydrogen-bond donors (Lipinski definition) is 3. The van der Waals surface area contributed by atoms with Crippen LogP contribution in [-0.4, -0.2) is 34.4 Å². The first kappa shape index (κ1) is 18.5. The molecule has 0 radical (unpaired) electrons. The van der Waals surface area contributed by atoms with Crippen molar-refractivity contribution in [3.63, 3.8) is 0 Å². The van der Waals surface area contributed by atoms with Crippen molar-refractivity contribution in [2.24, 2.45) is 0 Å². The first-order valence-electron chi connectivity index (χ1n) is 6.84. The van der Waals surface area contributed by atoms with Crippen molar-refractivity contribution < 1.29 is 34.1 Å². The van der Waals surface area contributed by atoms with Crippen LogP contribution in [0.15, 0.2) is 27.4 Å². The molecule has 0 saturated carbocycles. The number of fused-ring (bicyclic) bond motifs is 1. The molecule has 2 rings (SSSR count). The van der Waals surface area contributed by atoms with Gasteiger partial charge in [0.05, 0.1) is 17.7 Å². The Labute approximate surface area is 145 Å². The Morgan fingerprint density at radius 3 is 2.56 bits per heavy atom. The number of aliphatic hydroxyl groups excluding tert-OH is 1. The number of carboxylic acids is 1. The number of aromatic hydroxyl groups is 1. The summed E-state index contributed by atoms with van der Waals surface area (Å²) in [5, 5.41) is 28.1. The van der Waals surface area contributed by atoms with Crippen molar-refractivity contribution >= 4 is 39.5 Å². The lowest BCUT2D eigenvalue weighted by Gasteiger charge is -2.14. The third-order valence-electron chi connectivity index (χ3n) is 3.32. The van der Waals surface area contributed by atoms with Crippen LogP contribution in [0.5, 0.6) is 5.75 Å². The van der Waals surface area contributed by atoms with Crippen molar-refractivity contribution in [1.29, 1.82) is 0 Å². The first-order chi connectivity index (χ1) is 11.7. The van der Waals surface area contributed by atoms with E-state index in [1.54, 1.807) is 6.92 Å². The van der Waals surface area contributed by atoms with Gasteiger partial charge in [0.2, 0.25) is 5.43 Å². The van der Waals surface area contributed by atoms with Gasteiger partial charge in [-0.05, 0) is 24.6 Å². The van der Waals surface area contributed by atoms with Crippen molar-refractivity contribution in [2.75, 3.05) is 7.11 Å². The van der Waals surface area contributed by atoms with Crippen LogP contribution in [0.25, 0.3) is 16.0 Å². The Hall–Kier alpha value is -2.84. The summed E-state index contributed by atoms with van der Waals surface area (Å²) in [6, 6.07) is 2.71. The molecule has 8 nitrogen and oxygen atoms in total. The number of carboxylic acid groups (broad SMARTS) is 1. The number of phenols is 1. The number of methoxy groups -OCH3 is 1. The summed E-state index contributed by atoms with van der Waals surface area (Å²) in [7, 11) is 0.990. The predicted octanol–water partition coefficient (Wildman–Crippen LogP) is 1.68. The molecule has 1 aromatic carbocycles. The Morgan fingerprint density at radius 2 is 2.00 bits per heavy atom. The molecule has 1 heterocycles. The van der Waals surface area contributed by atoms with E-state index in [0.717, 1.165) is 7.11 Å². The van der Waals surface area contributed by atoms with Crippen LogP contribution in [-0.2, 0) is 14.3 Å². The Morgan fingerprint density at radius 1 is 1.36 bits per heavy atom. The van der Waals surface area contributed by atoms with Gasteiger partial charge in [-0.15, -0.1) is 0 Å². The van der Waals surface area contributed by atoms with Gasteiger partial charge < -0.3 is 24.5 Å². The highest BCUT2D eigenvalue weighted by Crippen LogP contribution is 2.32. The lowest BCUT2D eigenvalue weighted by atomic mass is 10.0. The van der Waals surface area contributed by atoms with Crippen molar-refractivity contribution in [3.05, 3.63) is 45.3 Å². The molecule has 2 aromatic rings. The van der Waals surface area contributed by atoms with E-state index in [1.807, 2.05) is 0 Å². The second-order valence-corrected chi connectivity index (χ2v) is 5.49. The number of benzene rings is 1. The van der Waals surface area contributed by atoms with Crippen LogP contribution in [0.4, 0.5) is 0 Å². The minimum Gasteiger partial charge on any atom is -0.507 e. The number of aliphatic hydroxyl groups is 1. The molecular weight excluding hydrogens is 356 g/mol. The maximum atomic E-state index is 12.7. The van der Waals surface area contributed by atoms with Gasteiger partial charge in [-0.25, -0.2) is 9.59 Å². The summed E-state index contributed by atoms with van der Waals surface area (Å²) >= 11 is 5.87. The molecule has 0 bridgehead atoms. The molecule has 3 N–H and O–H groups in total. The number of carbonyl (C=O) groups is 2. The summed E-state index contributed by atoms with van der Waals surface area (Å²) in [4.78, 5) is 35.2. The third-order valence-corrected chi connectivity index (χ3v) is 3.60. The molecule has 132 valence electrons. The number of ether oxygens (including phenoxy) is 1. The van der Waals surface area contributed by atoms with Crippen LogP contribution in [0, 0.1) is 6.92 Å². The Balaban J connectivity index is 2.96. The molecule has 0 fully saturated rings. The summed E-state index contributed by atoms with van der Waals surface area (Å²) in [6.45, 7) is 1.63. The van der Waals surface area contributed by atoms with Gasteiger partial charge in [0.1, 0.15) is 16.7 Å². The van der Waals surface area contributed by atoms with E-state index >= 15 is 0 Å². The van der Waals surface area contributed by atoms with E-state index < -0.39 is 45.6 Å². The molecule has 0 saturated heterocycles. The fourth-order valence-electron chi connectivity index (χ4n) is 2.28. The van der Waals surface area contributed by atoms with Gasteiger partial charge in [0.25, 0.3) is 0 Å². The molecule has 1 aromatic heterocycles. The molecule has 1 unspecified atom stereocenters. The number of aryl methyl sites for hydroxylation is 1. The number of carbonyl (C=O) groups excluding carboxylic acids is 1. The first-order valence-corrected chi connectivity index (χ1v) is 7.21. The van der Waals surface area contributed by atoms with Crippen molar-refractivity contribution in [3.8, 4) is 5.75 Å². The predicted molar refractivity (Wildman–Crippen MR) is 87.3 cm³/mol. The zero-order valence-electron chi connectivity index (χ0n) is 13.1. The molecule has 0 aliphatic rings. The van der Waals surface area contributed by atoms with Gasteiger partial charge >= 0.3 is 11.9 Å². The zero-order chi connectivity index (χ0) is 18.9. The Bertz CT molecular complexity index is 957. The highest BCUT2D eigenvalue weighted by molar-refractivity contribution is 6.49. The monoisotopic (exact) mass is 368 g/mol. The number of esters is 1. The molecule has 1 atom stereocenters. The third kappa shape index (κ3) is 3.49. The maximum Gasteiger partial charge on any atom is 0.339 e. The number of phenolic OH excluding ortho intramolecular Hbond substituents is 1. The van der Waals surface area contributed by atoms with E-state index in [9.17, 15) is 24.6 Å². The van der Waals surface area contributed by atoms with Crippen molar-refractivity contribution in [2.45, 2.75) is 13.0 Å². The number of halogens is 1. The van der Waals surface area contributed by atoms with Crippen LogP contribution >= 0.6 is 11.6 Å². The lowest BCUT2D eigenvalue weighted by Crippen LogP contribution is -2.23. The summed E-state index contributed by atoms with van der Waals surface area (Å²) in [6.07, 6.45) is -1.55. The quantitative estimate of drug-likeness (QED) is 0.548. The van der Waals surface area contributed by atoms with Gasteiger partial charge in [0.15, 0.2) is 11.9 Å². The minimum atomic E-state index is -2.09. The van der Waals surface area contributed by atoms with Crippen molar-refractivity contribution in [1.82, 2.24) is 0 Å². The van der Waals surface area contributed by atoms with Gasteiger partial charge in [-0.3, -0.25) is 4.79 Å². The SMILES string of the molecule is COC(=O)C(O)c1c(C(Cl)=CC(=O)O)oc2cc(C)cc(O)c2c1=O. The maximum absolute atomic E-state index is 12.7. The molecule has 25 heavy (non-hydrogen) atoms. The normalized spacial score (nSPS) is 12.9.